The topological polar surface area (TPSA) is 58.6 Å². The first-order valence-electron chi connectivity index (χ1n) is 5.80. The Morgan fingerprint density at radius 1 is 1.19 bits per heavy atom. The Bertz CT molecular complexity index is 647. The van der Waals surface area contributed by atoms with Gasteiger partial charge in [0.1, 0.15) is 11.5 Å². The van der Waals surface area contributed by atoms with Crippen molar-refractivity contribution in [1.82, 2.24) is 0 Å². The normalized spacial score (nSPS) is 10.5. The lowest BCUT2D eigenvalue weighted by atomic mass is 10.2. The van der Waals surface area contributed by atoms with Gasteiger partial charge in [0.25, 0.3) is 5.91 Å². The molecule has 110 valence electrons. The van der Waals surface area contributed by atoms with Crippen molar-refractivity contribution >= 4 is 23.2 Å². The lowest BCUT2D eigenvalue weighted by molar-refractivity contribution is -0.0498. The van der Waals surface area contributed by atoms with Crippen molar-refractivity contribution < 1.29 is 23.4 Å². The lowest BCUT2D eigenvalue weighted by Crippen LogP contribution is -2.11. The van der Waals surface area contributed by atoms with E-state index in [1.165, 1.54) is 42.5 Å². The molecular formula is C14H10ClF2NO3. The van der Waals surface area contributed by atoms with E-state index in [9.17, 15) is 18.7 Å². The van der Waals surface area contributed by atoms with Gasteiger partial charge < -0.3 is 15.2 Å². The standard InChI is InChI=1S/C14H10ClF2NO3/c15-11-7-8(1-6-12(11)19)13(20)18-9-2-4-10(5-3-9)21-14(16)17/h1-7,14,19H,(H,18,20). The smallest absolute Gasteiger partial charge is 0.387 e. The van der Waals surface area contributed by atoms with Crippen LogP contribution in [-0.2, 0) is 0 Å². The van der Waals surface area contributed by atoms with E-state index in [2.05, 4.69) is 10.1 Å². The molecule has 21 heavy (non-hydrogen) atoms. The number of anilines is 1. The molecule has 7 heteroatoms. The Morgan fingerprint density at radius 2 is 1.86 bits per heavy atom. The predicted octanol–water partition coefficient (Wildman–Crippen LogP) is 3.90. The Balaban J connectivity index is 2.06. The summed E-state index contributed by atoms with van der Waals surface area (Å²) in [6, 6.07) is 9.51. The van der Waals surface area contributed by atoms with Crippen LogP contribution in [0.2, 0.25) is 5.02 Å². The third-order valence-corrected chi connectivity index (χ3v) is 2.85. The van der Waals surface area contributed by atoms with Crippen molar-refractivity contribution in [3.05, 3.63) is 53.1 Å². The van der Waals surface area contributed by atoms with Crippen molar-refractivity contribution in [3.63, 3.8) is 0 Å². The number of alkyl halides is 2. The Labute approximate surface area is 123 Å². The SMILES string of the molecule is O=C(Nc1ccc(OC(F)F)cc1)c1ccc(O)c(Cl)c1. The summed E-state index contributed by atoms with van der Waals surface area (Å²) in [6.45, 7) is -2.90. The summed E-state index contributed by atoms with van der Waals surface area (Å²) in [5.41, 5.74) is 0.663. The number of phenols is 1. The summed E-state index contributed by atoms with van der Waals surface area (Å²) in [6.07, 6.45) is 0. The van der Waals surface area contributed by atoms with Gasteiger partial charge in [-0.05, 0) is 42.5 Å². The number of amides is 1. The first-order valence-corrected chi connectivity index (χ1v) is 6.18. The zero-order valence-corrected chi connectivity index (χ0v) is 11.3. The molecule has 2 N–H and O–H groups in total. The van der Waals surface area contributed by atoms with Crippen LogP contribution >= 0.6 is 11.6 Å². The molecule has 0 atom stereocenters. The Morgan fingerprint density at radius 3 is 2.43 bits per heavy atom. The highest BCUT2D eigenvalue weighted by Crippen LogP contribution is 2.24. The van der Waals surface area contributed by atoms with Crippen LogP contribution in [0, 0.1) is 0 Å². The minimum atomic E-state index is -2.90. The number of phenolic OH excluding ortho intramolecular Hbond substituents is 1. The summed E-state index contributed by atoms with van der Waals surface area (Å²) in [4.78, 5) is 11.9. The van der Waals surface area contributed by atoms with Crippen LogP contribution in [0.1, 0.15) is 10.4 Å². The van der Waals surface area contributed by atoms with Crippen LogP contribution < -0.4 is 10.1 Å². The number of halogens is 3. The zero-order valence-electron chi connectivity index (χ0n) is 10.5. The van der Waals surface area contributed by atoms with Crippen molar-refractivity contribution in [3.8, 4) is 11.5 Å². The van der Waals surface area contributed by atoms with Crippen molar-refractivity contribution in [2.24, 2.45) is 0 Å². The number of carbonyl (C=O) groups excluding carboxylic acids is 1. The van der Waals surface area contributed by atoms with E-state index in [0.717, 1.165) is 0 Å². The minimum Gasteiger partial charge on any atom is -0.506 e. The van der Waals surface area contributed by atoms with E-state index in [1.54, 1.807) is 0 Å². The number of rotatable bonds is 4. The second-order valence-corrected chi connectivity index (χ2v) is 4.43. The van der Waals surface area contributed by atoms with Crippen molar-refractivity contribution in [2.45, 2.75) is 6.61 Å². The van der Waals surface area contributed by atoms with Gasteiger partial charge in [-0.1, -0.05) is 11.6 Å². The molecule has 1 amide bonds. The molecule has 0 aromatic heterocycles. The summed E-state index contributed by atoms with van der Waals surface area (Å²) < 4.78 is 28.2. The average molecular weight is 314 g/mol. The summed E-state index contributed by atoms with van der Waals surface area (Å²) in [5.74, 6) is -0.572. The molecule has 0 saturated heterocycles. The number of ether oxygens (including phenoxy) is 1. The molecule has 0 saturated carbocycles. The van der Waals surface area contributed by atoms with Crippen LogP contribution in [0.5, 0.6) is 11.5 Å². The van der Waals surface area contributed by atoms with E-state index < -0.39 is 12.5 Å². The van der Waals surface area contributed by atoms with E-state index in [1.807, 2.05) is 0 Å². The van der Waals surface area contributed by atoms with E-state index in [0.29, 0.717) is 5.69 Å². The van der Waals surface area contributed by atoms with E-state index in [-0.39, 0.29) is 22.1 Å². The molecule has 0 spiro atoms. The molecule has 0 fully saturated rings. The first kappa shape index (κ1) is 15.1. The average Bonchev–Trinajstić information content (AvgIpc) is 2.43. The van der Waals surface area contributed by atoms with Crippen LogP contribution in [0.4, 0.5) is 14.5 Å². The van der Waals surface area contributed by atoms with Crippen molar-refractivity contribution in [2.75, 3.05) is 5.32 Å². The highest BCUT2D eigenvalue weighted by atomic mass is 35.5. The predicted molar refractivity (Wildman–Crippen MR) is 74.1 cm³/mol. The molecule has 2 aromatic rings. The quantitative estimate of drug-likeness (QED) is 0.900. The second kappa shape index (κ2) is 6.41. The fourth-order valence-electron chi connectivity index (χ4n) is 1.57. The Hall–Kier alpha value is -2.34. The molecule has 0 aliphatic carbocycles. The molecule has 0 bridgehead atoms. The maximum atomic E-state index is 12.0. The van der Waals surface area contributed by atoms with Crippen molar-refractivity contribution in [1.29, 1.82) is 0 Å². The molecule has 0 aliphatic rings. The minimum absolute atomic E-state index is 0.00400. The number of hydrogen-bond donors (Lipinski definition) is 2. The van der Waals surface area contributed by atoms with Gasteiger partial charge in [-0.25, -0.2) is 0 Å². The number of hydrogen-bond acceptors (Lipinski definition) is 3. The number of carbonyl (C=O) groups is 1. The molecule has 0 radical (unpaired) electrons. The van der Waals surface area contributed by atoms with Crippen LogP contribution in [0.15, 0.2) is 42.5 Å². The highest BCUT2D eigenvalue weighted by molar-refractivity contribution is 6.32. The first-order chi connectivity index (χ1) is 9.95. The largest absolute Gasteiger partial charge is 0.506 e. The van der Waals surface area contributed by atoms with Gasteiger partial charge in [0, 0.05) is 11.3 Å². The summed E-state index contributed by atoms with van der Waals surface area (Å²) >= 11 is 5.71. The van der Waals surface area contributed by atoms with Crippen LogP contribution in [0.3, 0.4) is 0 Å². The molecule has 0 unspecified atom stereocenters. The fourth-order valence-corrected chi connectivity index (χ4v) is 1.75. The zero-order chi connectivity index (χ0) is 15.4. The van der Waals surface area contributed by atoms with E-state index in [4.69, 9.17) is 11.6 Å². The summed E-state index contributed by atoms with van der Waals surface area (Å²) in [5, 5.41) is 11.9. The van der Waals surface area contributed by atoms with Gasteiger partial charge in [0.15, 0.2) is 0 Å². The third-order valence-electron chi connectivity index (χ3n) is 2.55. The highest BCUT2D eigenvalue weighted by Gasteiger charge is 2.09. The third kappa shape index (κ3) is 4.06. The maximum Gasteiger partial charge on any atom is 0.387 e. The molecular weight excluding hydrogens is 304 g/mol. The number of nitrogens with one attached hydrogen (secondary N) is 1. The van der Waals surface area contributed by atoms with Gasteiger partial charge in [-0.15, -0.1) is 0 Å². The maximum absolute atomic E-state index is 12.0. The number of benzene rings is 2. The summed E-state index contributed by atoms with van der Waals surface area (Å²) in [7, 11) is 0. The van der Waals surface area contributed by atoms with E-state index >= 15 is 0 Å². The molecule has 4 nitrogen and oxygen atoms in total. The molecule has 0 aliphatic heterocycles. The lowest BCUT2D eigenvalue weighted by Gasteiger charge is -2.08. The van der Waals surface area contributed by atoms with Crippen LogP contribution in [0.25, 0.3) is 0 Å². The Kier molecular flexibility index (Phi) is 4.59. The molecule has 2 rings (SSSR count). The van der Waals surface area contributed by atoms with Gasteiger partial charge in [-0.3, -0.25) is 4.79 Å². The van der Waals surface area contributed by atoms with Gasteiger partial charge >= 0.3 is 6.61 Å². The molecule has 0 heterocycles. The van der Waals surface area contributed by atoms with Crippen LogP contribution in [-0.4, -0.2) is 17.6 Å². The van der Waals surface area contributed by atoms with Gasteiger partial charge in [-0.2, -0.15) is 8.78 Å². The van der Waals surface area contributed by atoms with Gasteiger partial charge in [0.2, 0.25) is 0 Å². The molecule has 2 aromatic carbocycles. The second-order valence-electron chi connectivity index (χ2n) is 4.02. The van der Waals surface area contributed by atoms with Gasteiger partial charge in [0.05, 0.1) is 5.02 Å². The monoisotopic (exact) mass is 313 g/mol. The fraction of sp³-hybridized carbons (Fsp3) is 0.0714. The number of aromatic hydroxyl groups is 1.